The number of hydrogen-bond acceptors (Lipinski definition) is 5. The molecule has 0 aromatic carbocycles. The second kappa shape index (κ2) is 6.45. The molecule has 0 radical (unpaired) electrons. The summed E-state index contributed by atoms with van der Waals surface area (Å²) in [6, 6.07) is 2.46. The molecule has 0 saturated heterocycles. The summed E-state index contributed by atoms with van der Waals surface area (Å²) in [5.74, 6) is -1.15. The third kappa shape index (κ3) is 3.39. The molecule has 1 fully saturated rings. The molecule has 1 amide bonds. The van der Waals surface area contributed by atoms with E-state index in [0.29, 0.717) is 16.5 Å². The Bertz CT molecular complexity index is 738. The number of amides is 1. The maximum absolute atomic E-state index is 12.8. The minimum absolute atomic E-state index is 0.225. The lowest BCUT2D eigenvalue weighted by molar-refractivity contribution is 0.0527. The first-order valence-electron chi connectivity index (χ1n) is 7.31. The summed E-state index contributed by atoms with van der Waals surface area (Å²) in [6.07, 6.45) is 3.24. The van der Waals surface area contributed by atoms with Gasteiger partial charge in [-0.1, -0.05) is 0 Å². The zero-order chi connectivity index (χ0) is 16.4. The predicted octanol–water partition coefficient (Wildman–Crippen LogP) is 3.59. The van der Waals surface area contributed by atoms with Crippen molar-refractivity contribution in [3.8, 4) is 0 Å². The highest BCUT2D eigenvalue weighted by Gasteiger charge is 2.32. The van der Waals surface area contributed by atoms with E-state index in [0.717, 1.165) is 30.7 Å². The van der Waals surface area contributed by atoms with Gasteiger partial charge in [0.25, 0.3) is 5.91 Å². The number of carbonyl (C=O) groups excluding carboxylic acids is 2. The molecule has 1 N–H and O–H groups in total. The molecule has 2 heterocycles. The Labute approximate surface area is 136 Å². The number of hydrogen-bond donors (Lipinski definition) is 1. The van der Waals surface area contributed by atoms with E-state index < -0.39 is 17.8 Å². The zero-order valence-corrected chi connectivity index (χ0v) is 13.3. The lowest BCUT2D eigenvalue weighted by Gasteiger charge is -2.08. The molecule has 2 aromatic heterocycles. The molecule has 2 aromatic rings. The van der Waals surface area contributed by atoms with E-state index in [1.54, 1.807) is 6.92 Å². The van der Waals surface area contributed by atoms with Crippen LogP contribution >= 0.6 is 11.3 Å². The molecular formula is C16H15FN2O3S. The van der Waals surface area contributed by atoms with Crippen molar-refractivity contribution in [2.24, 2.45) is 0 Å². The van der Waals surface area contributed by atoms with E-state index in [2.05, 4.69) is 10.3 Å². The van der Waals surface area contributed by atoms with Crippen molar-refractivity contribution in [2.75, 3.05) is 11.9 Å². The number of aromatic nitrogens is 1. The van der Waals surface area contributed by atoms with Crippen LogP contribution in [0.15, 0.2) is 23.7 Å². The lowest BCUT2D eigenvalue weighted by Crippen LogP contribution is -2.15. The van der Waals surface area contributed by atoms with Gasteiger partial charge in [0.1, 0.15) is 5.00 Å². The number of thiophene rings is 1. The molecule has 0 atom stereocenters. The quantitative estimate of drug-likeness (QED) is 0.670. The number of pyridine rings is 1. The highest BCUT2D eigenvalue weighted by Crippen LogP contribution is 2.46. The molecule has 23 heavy (non-hydrogen) atoms. The highest BCUT2D eigenvalue weighted by atomic mass is 32.1. The lowest BCUT2D eigenvalue weighted by atomic mass is 10.1. The van der Waals surface area contributed by atoms with Crippen LogP contribution in [0.5, 0.6) is 0 Å². The van der Waals surface area contributed by atoms with Crippen LogP contribution in [-0.2, 0) is 4.74 Å². The van der Waals surface area contributed by atoms with Crippen molar-refractivity contribution in [3.05, 3.63) is 46.3 Å². The smallest absolute Gasteiger partial charge is 0.341 e. The Morgan fingerprint density at radius 3 is 2.83 bits per heavy atom. The summed E-state index contributed by atoms with van der Waals surface area (Å²) in [5.41, 5.74) is 1.59. The Hall–Kier alpha value is -2.28. The van der Waals surface area contributed by atoms with Crippen LogP contribution in [0.1, 0.15) is 52.0 Å². The third-order valence-electron chi connectivity index (χ3n) is 3.53. The molecule has 1 aliphatic carbocycles. The van der Waals surface area contributed by atoms with Gasteiger partial charge in [-0.05, 0) is 48.8 Å². The van der Waals surface area contributed by atoms with Gasteiger partial charge in [-0.25, -0.2) is 9.78 Å². The number of carbonyl (C=O) groups is 2. The summed E-state index contributed by atoms with van der Waals surface area (Å²) >= 11 is 1.30. The Morgan fingerprint density at radius 1 is 1.43 bits per heavy atom. The Balaban J connectivity index is 1.85. The van der Waals surface area contributed by atoms with E-state index >= 15 is 0 Å². The minimum atomic E-state index is -0.652. The summed E-state index contributed by atoms with van der Waals surface area (Å²) < 4.78 is 17.9. The third-order valence-corrected chi connectivity index (χ3v) is 4.45. The first-order valence-corrected chi connectivity index (χ1v) is 8.19. The average molecular weight is 334 g/mol. The van der Waals surface area contributed by atoms with Crippen LogP contribution in [0.4, 0.5) is 9.39 Å². The van der Waals surface area contributed by atoms with Crippen LogP contribution in [-0.4, -0.2) is 23.5 Å². The van der Waals surface area contributed by atoms with Crippen LogP contribution < -0.4 is 5.32 Å². The SMILES string of the molecule is CCOC(=O)c1c(C2CC2)csc1NC(=O)c1ccc(F)nc1. The largest absolute Gasteiger partial charge is 0.462 e. The van der Waals surface area contributed by atoms with Gasteiger partial charge in [0, 0.05) is 6.20 Å². The van der Waals surface area contributed by atoms with Gasteiger partial charge in [-0.3, -0.25) is 4.79 Å². The van der Waals surface area contributed by atoms with Crippen molar-refractivity contribution in [2.45, 2.75) is 25.7 Å². The molecule has 5 nitrogen and oxygen atoms in total. The van der Waals surface area contributed by atoms with Crippen molar-refractivity contribution in [1.82, 2.24) is 4.98 Å². The molecule has 0 unspecified atom stereocenters. The van der Waals surface area contributed by atoms with Crippen molar-refractivity contribution in [3.63, 3.8) is 0 Å². The van der Waals surface area contributed by atoms with Crippen LogP contribution in [0.3, 0.4) is 0 Å². The predicted molar refractivity (Wildman–Crippen MR) is 84.4 cm³/mol. The molecular weight excluding hydrogens is 319 g/mol. The number of ether oxygens (including phenoxy) is 1. The van der Waals surface area contributed by atoms with Gasteiger partial charge in [-0.15, -0.1) is 11.3 Å². The Kier molecular flexibility index (Phi) is 4.38. The first kappa shape index (κ1) is 15.6. The van der Waals surface area contributed by atoms with Crippen molar-refractivity contribution >= 4 is 28.2 Å². The number of esters is 1. The first-order chi connectivity index (χ1) is 11.1. The molecule has 7 heteroatoms. The molecule has 3 rings (SSSR count). The van der Waals surface area contributed by atoms with E-state index in [1.165, 1.54) is 17.4 Å². The molecule has 0 aliphatic heterocycles. The summed E-state index contributed by atoms with van der Waals surface area (Å²) in [7, 11) is 0. The monoisotopic (exact) mass is 334 g/mol. The minimum Gasteiger partial charge on any atom is -0.462 e. The Morgan fingerprint density at radius 2 is 2.22 bits per heavy atom. The molecule has 1 saturated carbocycles. The normalized spacial score (nSPS) is 13.7. The fourth-order valence-corrected chi connectivity index (χ4v) is 3.28. The molecule has 0 bridgehead atoms. The number of nitrogens with zero attached hydrogens (tertiary/aromatic N) is 1. The number of nitrogens with one attached hydrogen (secondary N) is 1. The fraction of sp³-hybridized carbons (Fsp3) is 0.312. The maximum Gasteiger partial charge on any atom is 0.341 e. The second-order valence-electron chi connectivity index (χ2n) is 5.21. The number of rotatable bonds is 5. The molecule has 120 valence electrons. The van der Waals surface area contributed by atoms with Gasteiger partial charge in [0.05, 0.1) is 17.7 Å². The van der Waals surface area contributed by atoms with E-state index in [1.807, 2.05) is 5.38 Å². The zero-order valence-electron chi connectivity index (χ0n) is 12.5. The summed E-state index contributed by atoms with van der Waals surface area (Å²) in [4.78, 5) is 27.9. The molecule has 1 aliphatic rings. The van der Waals surface area contributed by atoms with Gasteiger partial charge in [0.15, 0.2) is 0 Å². The van der Waals surface area contributed by atoms with E-state index in [9.17, 15) is 14.0 Å². The van der Waals surface area contributed by atoms with E-state index in [4.69, 9.17) is 4.74 Å². The molecule has 0 spiro atoms. The number of anilines is 1. The van der Waals surface area contributed by atoms with Crippen LogP contribution in [0.25, 0.3) is 0 Å². The summed E-state index contributed by atoms with van der Waals surface area (Å²) in [5, 5.41) is 5.05. The van der Waals surface area contributed by atoms with Gasteiger partial charge in [-0.2, -0.15) is 4.39 Å². The van der Waals surface area contributed by atoms with Crippen LogP contribution in [0, 0.1) is 5.95 Å². The van der Waals surface area contributed by atoms with Gasteiger partial charge >= 0.3 is 5.97 Å². The maximum atomic E-state index is 12.8. The highest BCUT2D eigenvalue weighted by molar-refractivity contribution is 7.15. The van der Waals surface area contributed by atoms with Crippen molar-refractivity contribution < 1.29 is 18.7 Å². The van der Waals surface area contributed by atoms with E-state index in [-0.39, 0.29) is 12.2 Å². The topological polar surface area (TPSA) is 68.3 Å². The number of halogens is 1. The van der Waals surface area contributed by atoms with Crippen molar-refractivity contribution in [1.29, 1.82) is 0 Å². The summed E-state index contributed by atoms with van der Waals surface area (Å²) in [6.45, 7) is 2.01. The van der Waals surface area contributed by atoms with Gasteiger partial charge < -0.3 is 10.1 Å². The van der Waals surface area contributed by atoms with Gasteiger partial charge in [0.2, 0.25) is 5.95 Å². The standard InChI is InChI=1S/C16H15FN2O3S/c1-2-22-16(21)13-11(9-3-4-9)8-23-15(13)19-14(20)10-5-6-12(17)18-7-10/h5-9H,2-4H2,1H3,(H,19,20). The van der Waals surface area contributed by atoms with Crippen LogP contribution in [0.2, 0.25) is 0 Å². The second-order valence-corrected chi connectivity index (χ2v) is 6.09. The fourth-order valence-electron chi connectivity index (χ4n) is 2.26. The average Bonchev–Trinajstić information content (AvgIpc) is 3.29.